The predicted molar refractivity (Wildman–Crippen MR) is 62.2 cm³/mol. The molecule has 0 saturated heterocycles. The summed E-state index contributed by atoms with van der Waals surface area (Å²) in [6.07, 6.45) is 0.185. The summed E-state index contributed by atoms with van der Waals surface area (Å²) in [4.78, 5) is 22.5. The molecule has 0 bridgehead atoms. The molecule has 5 heteroatoms. The lowest BCUT2D eigenvalue weighted by Gasteiger charge is -2.05. The van der Waals surface area contributed by atoms with E-state index in [0.717, 1.165) is 0 Å². The first-order valence-electron chi connectivity index (χ1n) is 4.53. The smallest absolute Gasteiger partial charge is 0.339 e. The Bertz CT molecular complexity index is 416. The highest BCUT2D eigenvalue weighted by Crippen LogP contribution is 2.19. The number of carbonyl (C=O) groups excluding carboxylic acids is 2. The van der Waals surface area contributed by atoms with E-state index in [4.69, 9.17) is 23.2 Å². The van der Waals surface area contributed by atoms with Crippen molar-refractivity contribution in [2.75, 3.05) is 13.0 Å². The summed E-state index contributed by atoms with van der Waals surface area (Å²) in [5.74, 6) is -0.680. The molecule has 0 spiro atoms. The molecule has 1 aromatic rings. The van der Waals surface area contributed by atoms with E-state index in [0.29, 0.717) is 10.6 Å². The Kier molecular flexibility index (Phi) is 4.77. The van der Waals surface area contributed by atoms with E-state index >= 15 is 0 Å². The number of benzene rings is 1. The summed E-state index contributed by atoms with van der Waals surface area (Å²) in [5, 5.41) is 0.300. The van der Waals surface area contributed by atoms with Gasteiger partial charge in [0, 0.05) is 6.42 Å². The van der Waals surface area contributed by atoms with Crippen molar-refractivity contribution in [3.63, 3.8) is 0 Å². The number of ketones is 1. The van der Waals surface area contributed by atoms with Crippen LogP contribution in [0.1, 0.15) is 15.9 Å². The van der Waals surface area contributed by atoms with Crippen molar-refractivity contribution in [3.05, 3.63) is 34.3 Å². The maximum atomic E-state index is 11.3. The molecule has 0 N–H and O–H groups in total. The number of ether oxygens (including phenoxy) is 1. The lowest BCUT2D eigenvalue weighted by atomic mass is 10.1. The van der Waals surface area contributed by atoms with Gasteiger partial charge in [0.25, 0.3) is 0 Å². The van der Waals surface area contributed by atoms with Gasteiger partial charge in [-0.25, -0.2) is 4.79 Å². The normalized spacial score (nSPS) is 9.94. The lowest BCUT2D eigenvalue weighted by molar-refractivity contribution is -0.116. The maximum Gasteiger partial charge on any atom is 0.339 e. The van der Waals surface area contributed by atoms with Crippen molar-refractivity contribution in [1.82, 2.24) is 0 Å². The number of hydrogen-bond donors (Lipinski definition) is 0. The Morgan fingerprint density at radius 1 is 1.38 bits per heavy atom. The summed E-state index contributed by atoms with van der Waals surface area (Å²) in [6.45, 7) is 0. The topological polar surface area (TPSA) is 43.4 Å². The Hall–Kier alpha value is -1.06. The van der Waals surface area contributed by atoms with Gasteiger partial charge in [-0.3, -0.25) is 4.79 Å². The summed E-state index contributed by atoms with van der Waals surface area (Å²) >= 11 is 11.2. The van der Waals surface area contributed by atoms with Crippen LogP contribution < -0.4 is 0 Å². The van der Waals surface area contributed by atoms with Crippen molar-refractivity contribution in [1.29, 1.82) is 0 Å². The quantitative estimate of drug-likeness (QED) is 0.617. The van der Waals surface area contributed by atoms with Gasteiger partial charge in [-0.2, -0.15) is 0 Å². The third-order valence-electron chi connectivity index (χ3n) is 1.99. The number of Topliss-reactive ketones (excluding diaryl/α,β-unsaturated/α-hetero) is 1. The van der Waals surface area contributed by atoms with Gasteiger partial charge >= 0.3 is 5.97 Å². The standard InChI is InChI=1S/C11H10Cl2O3/c1-16-11(15)9-5-7(2-3-10(9)13)4-8(14)6-12/h2-3,5H,4,6H2,1H3. The van der Waals surface area contributed by atoms with E-state index in [1.165, 1.54) is 7.11 Å². The molecule has 0 heterocycles. The van der Waals surface area contributed by atoms with Crippen LogP contribution in [0, 0.1) is 0 Å². The van der Waals surface area contributed by atoms with Gasteiger partial charge in [0.15, 0.2) is 5.78 Å². The second-order valence-corrected chi connectivity index (χ2v) is 3.83. The number of methoxy groups -OCH3 is 1. The number of alkyl halides is 1. The fourth-order valence-corrected chi connectivity index (χ4v) is 1.51. The fourth-order valence-electron chi connectivity index (χ4n) is 1.22. The summed E-state index contributed by atoms with van der Waals surface area (Å²) in [7, 11) is 1.27. The largest absolute Gasteiger partial charge is 0.465 e. The molecule has 0 aromatic heterocycles. The van der Waals surface area contributed by atoms with E-state index in [-0.39, 0.29) is 23.6 Å². The van der Waals surface area contributed by atoms with Gasteiger partial charge in [-0.15, -0.1) is 11.6 Å². The van der Waals surface area contributed by atoms with Crippen LogP contribution in [0.5, 0.6) is 0 Å². The molecule has 86 valence electrons. The van der Waals surface area contributed by atoms with Crippen molar-refractivity contribution in [2.24, 2.45) is 0 Å². The highest BCUT2D eigenvalue weighted by Gasteiger charge is 2.12. The maximum absolute atomic E-state index is 11.3. The van der Waals surface area contributed by atoms with Crippen molar-refractivity contribution in [3.8, 4) is 0 Å². The lowest BCUT2D eigenvalue weighted by Crippen LogP contribution is -2.07. The van der Waals surface area contributed by atoms with Crippen LogP contribution in [-0.2, 0) is 16.0 Å². The Morgan fingerprint density at radius 2 is 2.06 bits per heavy atom. The van der Waals surface area contributed by atoms with E-state index in [9.17, 15) is 9.59 Å². The highest BCUT2D eigenvalue weighted by molar-refractivity contribution is 6.33. The molecule has 0 aliphatic rings. The molecule has 0 radical (unpaired) electrons. The zero-order valence-corrected chi connectivity index (χ0v) is 10.1. The first kappa shape index (κ1) is 13.0. The minimum Gasteiger partial charge on any atom is -0.465 e. The van der Waals surface area contributed by atoms with Crippen LogP contribution in [0.15, 0.2) is 18.2 Å². The van der Waals surface area contributed by atoms with Crippen LogP contribution in [0.25, 0.3) is 0 Å². The summed E-state index contributed by atoms with van der Waals surface area (Å²) in [5.41, 5.74) is 0.944. The van der Waals surface area contributed by atoms with E-state index in [1.54, 1.807) is 18.2 Å². The molecular formula is C11H10Cl2O3. The Morgan fingerprint density at radius 3 is 2.62 bits per heavy atom. The first-order chi connectivity index (χ1) is 7.58. The Balaban J connectivity index is 2.98. The number of rotatable bonds is 4. The Labute approximate surface area is 103 Å². The average Bonchev–Trinajstić information content (AvgIpc) is 2.30. The number of carbonyl (C=O) groups is 2. The minimum absolute atomic E-state index is 0.0455. The molecule has 0 amide bonds. The fraction of sp³-hybridized carbons (Fsp3) is 0.273. The molecular weight excluding hydrogens is 251 g/mol. The second-order valence-electron chi connectivity index (χ2n) is 3.15. The number of hydrogen-bond acceptors (Lipinski definition) is 3. The molecule has 0 unspecified atom stereocenters. The zero-order valence-electron chi connectivity index (χ0n) is 8.63. The minimum atomic E-state index is -0.523. The van der Waals surface area contributed by atoms with Gasteiger partial charge in [-0.1, -0.05) is 17.7 Å². The van der Waals surface area contributed by atoms with Crippen LogP contribution >= 0.6 is 23.2 Å². The number of esters is 1. The number of halogens is 2. The van der Waals surface area contributed by atoms with Gasteiger partial charge < -0.3 is 4.74 Å². The SMILES string of the molecule is COC(=O)c1cc(CC(=O)CCl)ccc1Cl. The van der Waals surface area contributed by atoms with Gasteiger partial charge in [0.1, 0.15) is 0 Å². The molecule has 1 rings (SSSR count). The molecule has 0 aliphatic heterocycles. The van der Waals surface area contributed by atoms with Gasteiger partial charge in [-0.05, 0) is 17.7 Å². The van der Waals surface area contributed by atoms with Crippen LogP contribution in [-0.4, -0.2) is 24.7 Å². The van der Waals surface area contributed by atoms with E-state index < -0.39 is 5.97 Å². The van der Waals surface area contributed by atoms with E-state index in [2.05, 4.69) is 4.74 Å². The summed E-state index contributed by atoms with van der Waals surface area (Å²) < 4.78 is 4.57. The molecule has 0 fully saturated rings. The molecule has 0 aliphatic carbocycles. The van der Waals surface area contributed by atoms with Crippen molar-refractivity contribution < 1.29 is 14.3 Å². The van der Waals surface area contributed by atoms with Gasteiger partial charge in [0.05, 0.1) is 23.6 Å². The monoisotopic (exact) mass is 260 g/mol. The van der Waals surface area contributed by atoms with Crippen molar-refractivity contribution in [2.45, 2.75) is 6.42 Å². The highest BCUT2D eigenvalue weighted by atomic mass is 35.5. The molecule has 0 saturated carbocycles. The molecule has 3 nitrogen and oxygen atoms in total. The second kappa shape index (κ2) is 5.87. The van der Waals surface area contributed by atoms with Crippen molar-refractivity contribution >= 4 is 35.0 Å². The molecule has 16 heavy (non-hydrogen) atoms. The first-order valence-corrected chi connectivity index (χ1v) is 5.44. The zero-order chi connectivity index (χ0) is 12.1. The van der Waals surface area contributed by atoms with Crippen LogP contribution in [0.3, 0.4) is 0 Å². The molecule has 1 aromatic carbocycles. The van der Waals surface area contributed by atoms with Crippen LogP contribution in [0.4, 0.5) is 0 Å². The van der Waals surface area contributed by atoms with E-state index in [1.807, 2.05) is 0 Å². The molecule has 0 atom stereocenters. The average molecular weight is 261 g/mol. The third-order valence-corrected chi connectivity index (χ3v) is 2.61. The summed E-state index contributed by atoms with van der Waals surface area (Å²) in [6, 6.07) is 4.78. The van der Waals surface area contributed by atoms with Crippen LogP contribution in [0.2, 0.25) is 5.02 Å². The van der Waals surface area contributed by atoms with Gasteiger partial charge in [0.2, 0.25) is 0 Å². The third kappa shape index (κ3) is 3.22. The predicted octanol–water partition coefficient (Wildman–Crippen LogP) is 2.48.